The van der Waals surface area contributed by atoms with Gasteiger partial charge in [0.15, 0.2) is 0 Å². The van der Waals surface area contributed by atoms with Crippen molar-refractivity contribution in [3.8, 4) is 0 Å². The summed E-state index contributed by atoms with van der Waals surface area (Å²) in [6.07, 6.45) is 5.19. The second kappa shape index (κ2) is 8.38. The van der Waals surface area contributed by atoms with Crippen molar-refractivity contribution in [3.05, 3.63) is 34.6 Å². The van der Waals surface area contributed by atoms with Gasteiger partial charge in [0.05, 0.1) is 5.56 Å². The van der Waals surface area contributed by atoms with Gasteiger partial charge in [-0.25, -0.2) is 4.39 Å². The van der Waals surface area contributed by atoms with Gasteiger partial charge in [0.25, 0.3) is 5.91 Å². The number of halogens is 2. The van der Waals surface area contributed by atoms with E-state index in [0.717, 1.165) is 25.0 Å². The van der Waals surface area contributed by atoms with Crippen molar-refractivity contribution >= 4 is 29.3 Å². The van der Waals surface area contributed by atoms with Crippen LogP contribution in [0.2, 0.25) is 5.02 Å². The van der Waals surface area contributed by atoms with Crippen molar-refractivity contribution in [1.29, 1.82) is 0 Å². The lowest BCUT2D eigenvalue weighted by Crippen LogP contribution is -2.25. The summed E-state index contributed by atoms with van der Waals surface area (Å²) >= 11 is 7.55. The molecule has 1 aromatic carbocycles. The van der Waals surface area contributed by atoms with E-state index < -0.39 is 11.7 Å². The second-order valence-electron chi connectivity index (χ2n) is 3.93. The van der Waals surface area contributed by atoms with Crippen molar-refractivity contribution in [2.75, 3.05) is 18.6 Å². The smallest absolute Gasteiger partial charge is 0.254 e. The molecule has 0 bridgehead atoms. The Labute approximate surface area is 116 Å². The lowest BCUT2D eigenvalue weighted by Gasteiger charge is -2.06. The summed E-state index contributed by atoms with van der Waals surface area (Å²) in [6, 6.07) is 3.98. The van der Waals surface area contributed by atoms with Gasteiger partial charge in [-0.15, -0.1) is 0 Å². The number of rotatable bonds is 7. The van der Waals surface area contributed by atoms with Crippen molar-refractivity contribution in [3.63, 3.8) is 0 Å². The zero-order chi connectivity index (χ0) is 13.4. The number of hydrogen-bond donors (Lipinski definition) is 1. The molecule has 0 aliphatic carbocycles. The molecule has 5 heteroatoms. The maximum atomic E-state index is 13.4. The first-order valence-corrected chi connectivity index (χ1v) is 7.64. The number of amides is 1. The average molecular weight is 290 g/mol. The molecule has 2 nitrogen and oxygen atoms in total. The molecule has 0 saturated heterocycles. The SMILES string of the molecule is CSCCCCCNC(=O)c1cc(Cl)ccc1F. The quantitative estimate of drug-likeness (QED) is 0.775. The van der Waals surface area contributed by atoms with Crippen molar-refractivity contribution in [2.24, 2.45) is 0 Å². The van der Waals surface area contributed by atoms with Gasteiger partial charge >= 0.3 is 0 Å². The highest BCUT2D eigenvalue weighted by molar-refractivity contribution is 7.98. The Bertz CT molecular complexity index is 401. The normalized spacial score (nSPS) is 10.4. The van der Waals surface area contributed by atoms with Crippen LogP contribution in [0.3, 0.4) is 0 Å². The van der Waals surface area contributed by atoms with E-state index in [4.69, 9.17) is 11.6 Å². The molecule has 0 aliphatic heterocycles. The van der Waals surface area contributed by atoms with Crippen LogP contribution >= 0.6 is 23.4 Å². The summed E-state index contributed by atoms with van der Waals surface area (Å²) in [6.45, 7) is 0.569. The van der Waals surface area contributed by atoms with Crippen LogP contribution in [-0.4, -0.2) is 24.5 Å². The van der Waals surface area contributed by atoms with Crippen LogP contribution in [0.4, 0.5) is 4.39 Å². The molecule has 0 atom stereocenters. The molecule has 1 N–H and O–H groups in total. The fourth-order valence-electron chi connectivity index (χ4n) is 1.52. The Balaban J connectivity index is 2.34. The van der Waals surface area contributed by atoms with E-state index in [1.807, 2.05) is 11.8 Å². The monoisotopic (exact) mass is 289 g/mol. The Kier molecular flexibility index (Phi) is 7.13. The highest BCUT2D eigenvalue weighted by atomic mass is 35.5. The van der Waals surface area contributed by atoms with Crippen molar-refractivity contribution in [2.45, 2.75) is 19.3 Å². The van der Waals surface area contributed by atoms with E-state index in [1.54, 1.807) is 0 Å². The zero-order valence-corrected chi connectivity index (χ0v) is 11.9. The molecular formula is C13H17ClFNOS. The molecule has 0 fully saturated rings. The first-order chi connectivity index (χ1) is 8.65. The van der Waals surface area contributed by atoms with Crippen molar-refractivity contribution in [1.82, 2.24) is 5.32 Å². The van der Waals surface area contributed by atoms with Gasteiger partial charge in [-0.2, -0.15) is 11.8 Å². The average Bonchev–Trinajstić information content (AvgIpc) is 2.36. The van der Waals surface area contributed by atoms with Gasteiger partial charge < -0.3 is 5.32 Å². The van der Waals surface area contributed by atoms with Gasteiger partial charge in [0, 0.05) is 11.6 Å². The molecule has 1 aromatic rings. The van der Waals surface area contributed by atoms with Crippen molar-refractivity contribution < 1.29 is 9.18 Å². The van der Waals surface area contributed by atoms with Crippen LogP contribution in [0.1, 0.15) is 29.6 Å². The van der Waals surface area contributed by atoms with E-state index in [9.17, 15) is 9.18 Å². The molecule has 0 radical (unpaired) electrons. The molecule has 0 aromatic heterocycles. The summed E-state index contributed by atoms with van der Waals surface area (Å²) in [5.74, 6) is 0.191. The lowest BCUT2D eigenvalue weighted by molar-refractivity contribution is 0.0949. The fraction of sp³-hybridized carbons (Fsp3) is 0.462. The van der Waals surface area contributed by atoms with E-state index in [2.05, 4.69) is 11.6 Å². The van der Waals surface area contributed by atoms with Gasteiger partial charge in [-0.3, -0.25) is 4.79 Å². The number of benzene rings is 1. The number of hydrogen-bond acceptors (Lipinski definition) is 2. The summed E-state index contributed by atoms with van der Waals surface area (Å²) in [5, 5.41) is 3.06. The molecule has 0 saturated carbocycles. The van der Waals surface area contributed by atoms with E-state index in [0.29, 0.717) is 11.6 Å². The van der Waals surface area contributed by atoms with Gasteiger partial charge in [0.2, 0.25) is 0 Å². The van der Waals surface area contributed by atoms with Crippen LogP contribution in [0, 0.1) is 5.82 Å². The summed E-state index contributed by atoms with van der Waals surface area (Å²) in [4.78, 5) is 11.7. The maximum Gasteiger partial charge on any atom is 0.254 e. The molecule has 0 aliphatic rings. The second-order valence-corrected chi connectivity index (χ2v) is 5.36. The van der Waals surface area contributed by atoms with Crippen LogP contribution in [0.15, 0.2) is 18.2 Å². The number of unbranched alkanes of at least 4 members (excludes halogenated alkanes) is 2. The summed E-state index contributed by atoms with van der Waals surface area (Å²) in [7, 11) is 0. The summed E-state index contributed by atoms with van der Waals surface area (Å²) < 4.78 is 13.4. The van der Waals surface area contributed by atoms with Gasteiger partial charge in [-0.1, -0.05) is 18.0 Å². The highest BCUT2D eigenvalue weighted by Gasteiger charge is 2.11. The number of nitrogens with one attached hydrogen (secondary N) is 1. The molecule has 0 spiro atoms. The fourth-order valence-corrected chi connectivity index (χ4v) is 2.18. The predicted octanol–water partition coefficient (Wildman–Crippen LogP) is 3.74. The van der Waals surface area contributed by atoms with Gasteiger partial charge in [0.1, 0.15) is 5.82 Å². The maximum absolute atomic E-state index is 13.4. The Morgan fingerprint density at radius 3 is 2.89 bits per heavy atom. The van der Waals surface area contributed by atoms with E-state index in [-0.39, 0.29) is 5.56 Å². The molecule has 100 valence electrons. The third kappa shape index (κ3) is 5.27. The molecular weight excluding hydrogens is 273 g/mol. The molecule has 1 amide bonds. The predicted molar refractivity (Wildman–Crippen MR) is 76.0 cm³/mol. The largest absolute Gasteiger partial charge is 0.352 e. The van der Waals surface area contributed by atoms with Crippen LogP contribution in [0.25, 0.3) is 0 Å². The third-order valence-corrected chi connectivity index (χ3v) is 3.42. The minimum atomic E-state index is -0.542. The minimum absolute atomic E-state index is 0.00612. The number of carbonyl (C=O) groups excluding carboxylic acids is 1. The zero-order valence-electron chi connectivity index (χ0n) is 10.3. The molecule has 1 rings (SSSR count). The third-order valence-electron chi connectivity index (χ3n) is 2.48. The molecule has 0 heterocycles. The molecule has 18 heavy (non-hydrogen) atoms. The highest BCUT2D eigenvalue weighted by Crippen LogP contribution is 2.14. The van der Waals surface area contributed by atoms with E-state index >= 15 is 0 Å². The van der Waals surface area contributed by atoms with Crippen LogP contribution in [-0.2, 0) is 0 Å². The number of carbonyl (C=O) groups is 1. The topological polar surface area (TPSA) is 29.1 Å². The Morgan fingerprint density at radius 2 is 2.17 bits per heavy atom. The van der Waals surface area contributed by atoms with Gasteiger partial charge in [-0.05, 0) is 43.0 Å². The Hall–Kier alpha value is -0.740. The van der Waals surface area contributed by atoms with Crippen LogP contribution < -0.4 is 5.32 Å². The first-order valence-electron chi connectivity index (χ1n) is 5.87. The van der Waals surface area contributed by atoms with Crippen LogP contribution in [0.5, 0.6) is 0 Å². The molecule has 0 unspecified atom stereocenters. The first kappa shape index (κ1) is 15.3. The minimum Gasteiger partial charge on any atom is -0.352 e. The number of thioether (sulfide) groups is 1. The summed E-state index contributed by atoms with van der Waals surface area (Å²) in [5.41, 5.74) is 0.00612. The standard InChI is InChI=1S/C13H17ClFNOS/c1-18-8-4-2-3-7-16-13(17)11-9-10(14)5-6-12(11)15/h5-6,9H,2-4,7-8H2,1H3,(H,16,17). The Morgan fingerprint density at radius 1 is 1.39 bits per heavy atom. The van der Waals surface area contributed by atoms with E-state index in [1.165, 1.54) is 18.2 Å². The lowest BCUT2D eigenvalue weighted by atomic mass is 10.2.